The number of hydrogen-bond donors (Lipinski definition) is 3. The summed E-state index contributed by atoms with van der Waals surface area (Å²) in [4.78, 5) is 104. The first-order chi connectivity index (χ1) is 39.9. The molecule has 3 unspecified atom stereocenters. The van der Waals surface area contributed by atoms with E-state index in [-0.39, 0.29) is 61.1 Å². The van der Waals surface area contributed by atoms with Crippen LogP contribution in [0.4, 0.5) is 0 Å². The minimum Gasteiger partial charge on any atom is -0.481 e. The van der Waals surface area contributed by atoms with Gasteiger partial charge in [0.2, 0.25) is 12.3 Å². The third-order valence-corrected chi connectivity index (χ3v) is 12.4. The van der Waals surface area contributed by atoms with E-state index in [0.29, 0.717) is 55.1 Å². The van der Waals surface area contributed by atoms with Crippen molar-refractivity contribution in [2.45, 2.75) is 84.3 Å². The minimum absolute atomic E-state index is 0.0601. The van der Waals surface area contributed by atoms with Crippen LogP contribution < -0.4 is 20.7 Å². The van der Waals surface area contributed by atoms with E-state index in [2.05, 4.69) is 29.1 Å². The molecule has 0 bridgehead atoms. The van der Waals surface area contributed by atoms with Crippen molar-refractivity contribution in [1.82, 2.24) is 21.0 Å². The number of carbonyl (C=O) groups excluding carboxylic acids is 8. The number of carbonyl (C=O) groups is 8. The van der Waals surface area contributed by atoms with Crippen LogP contribution in [0, 0.1) is 5.92 Å². The van der Waals surface area contributed by atoms with Crippen molar-refractivity contribution in [1.29, 1.82) is 0 Å². The maximum Gasteiger partial charge on any atom is 0.363 e. The molecule has 18 heteroatoms. The summed E-state index contributed by atoms with van der Waals surface area (Å²) in [6.45, 7) is 11.7. The van der Waals surface area contributed by atoms with Gasteiger partial charge in [-0.25, -0.2) is 9.59 Å². The number of hydroxylamine groups is 2. The van der Waals surface area contributed by atoms with Crippen LogP contribution >= 0.6 is 0 Å². The summed E-state index contributed by atoms with van der Waals surface area (Å²) in [6, 6.07) is 39.9. The molecule has 0 aliphatic carbocycles. The van der Waals surface area contributed by atoms with Crippen molar-refractivity contribution in [3.8, 4) is 17.1 Å². The van der Waals surface area contributed by atoms with Crippen LogP contribution in [0.1, 0.15) is 111 Å². The Morgan fingerprint density at radius 1 is 0.707 bits per heavy atom. The number of nitrogens with zero attached hydrogens (tertiary/aromatic N) is 1. The van der Waals surface area contributed by atoms with E-state index >= 15 is 0 Å². The summed E-state index contributed by atoms with van der Waals surface area (Å²) in [5, 5.41) is 8.94. The molecule has 6 rings (SSSR count). The molecule has 0 radical (unpaired) electrons. The zero-order valence-corrected chi connectivity index (χ0v) is 46.8. The number of rotatable bonds is 31. The van der Waals surface area contributed by atoms with Crippen LogP contribution in [0.25, 0.3) is 23.5 Å². The fraction of sp³-hybridized carbons (Fsp3) is 0.281. The summed E-state index contributed by atoms with van der Waals surface area (Å²) in [5.41, 5.74) is 4.97. The Morgan fingerprint density at radius 3 is 1.91 bits per heavy atom. The molecule has 1 aromatic heterocycles. The normalized spacial score (nSPS) is 11.4. The van der Waals surface area contributed by atoms with Crippen molar-refractivity contribution < 1.29 is 66.6 Å². The molecule has 6 aromatic rings. The second-order valence-electron chi connectivity index (χ2n) is 18.1. The predicted octanol–water partition coefficient (Wildman–Crippen LogP) is 9.92. The van der Waals surface area contributed by atoms with Crippen LogP contribution in [0.15, 0.2) is 157 Å². The lowest BCUT2D eigenvalue weighted by Gasteiger charge is -2.32. The summed E-state index contributed by atoms with van der Waals surface area (Å²) < 4.78 is 26.6. The molecule has 0 aliphatic heterocycles. The first-order valence-corrected chi connectivity index (χ1v) is 26.6. The van der Waals surface area contributed by atoms with Gasteiger partial charge in [0, 0.05) is 19.1 Å². The van der Waals surface area contributed by atoms with Crippen LogP contribution in [-0.2, 0) is 62.8 Å². The van der Waals surface area contributed by atoms with E-state index in [9.17, 15) is 38.4 Å². The van der Waals surface area contributed by atoms with Crippen LogP contribution in [0.3, 0.4) is 0 Å². The van der Waals surface area contributed by atoms with Crippen molar-refractivity contribution in [2.75, 3.05) is 27.4 Å². The summed E-state index contributed by atoms with van der Waals surface area (Å²) in [7, 11) is 3.32. The van der Waals surface area contributed by atoms with Gasteiger partial charge in [0.1, 0.15) is 37.1 Å². The number of furan rings is 1. The first-order valence-electron chi connectivity index (χ1n) is 26.6. The second kappa shape index (κ2) is 36.8. The highest BCUT2D eigenvalue weighted by atomic mass is 16.7. The lowest BCUT2D eigenvalue weighted by molar-refractivity contribution is -0.171. The predicted molar refractivity (Wildman–Crippen MR) is 310 cm³/mol. The fourth-order valence-electron chi connectivity index (χ4n) is 8.10. The lowest BCUT2D eigenvalue weighted by atomic mass is 9.90. The summed E-state index contributed by atoms with van der Waals surface area (Å²) >= 11 is 0. The molecule has 82 heavy (non-hydrogen) atoms. The van der Waals surface area contributed by atoms with Gasteiger partial charge in [-0.05, 0) is 78.0 Å². The van der Waals surface area contributed by atoms with Gasteiger partial charge in [-0.2, -0.15) is 5.06 Å². The number of likely N-dealkylation sites (N-methyl/N-ethyl adjacent to an activating group) is 1. The van der Waals surface area contributed by atoms with Crippen LogP contribution in [0.5, 0.6) is 5.75 Å². The Kier molecular flexibility index (Phi) is 29.3. The van der Waals surface area contributed by atoms with E-state index in [1.54, 1.807) is 57.5 Å². The minimum atomic E-state index is -0.805. The van der Waals surface area contributed by atoms with Crippen LogP contribution in [-0.4, -0.2) is 93.3 Å². The number of amides is 3. The van der Waals surface area contributed by atoms with Gasteiger partial charge < -0.3 is 48.9 Å². The van der Waals surface area contributed by atoms with Gasteiger partial charge in [0.15, 0.2) is 18.7 Å². The van der Waals surface area contributed by atoms with Gasteiger partial charge in [-0.1, -0.05) is 168 Å². The number of benzene rings is 5. The van der Waals surface area contributed by atoms with Crippen molar-refractivity contribution in [3.05, 3.63) is 197 Å². The average Bonchev–Trinajstić information content (AvgIpc) is 4.19. The maximum absolute atomic E-state index is 13.6. The van der Waals surface area contributed by atoms with E-state index in [0.717, 1.165) is 29.0 Å². The number of hydrogen-bond acceptors (Lipinski definition) is 15. The highest BCUT2D eigenvalue weighted by molar-refractivity contribution is 5.95. The van der Waals surface area contributed by atoms with E-state index in [1.165, 1.54) is 29.8 Å². The largest absolute Gasteiger partial charge is 0.481 e. The molecule has 432 valence electrons. The zero-order valence-electron chi connectivity index (χ0n) is 46.8. The van der Waals surface area contributed by atoms with E-state index in [4.69, 9.17) is 28.2 Å². The standard InChI is InChI=1S/C44H47N3O10.C12H15NO3.C8H10O/c1-5-9-11-18-36(37(8-4)47(29-49)57-44(53)35-19-14-17-31(6-2)34(35)7-3)42(51)45-28-46-43(52)39-23-22-38(56-39)32-20-21-33(25-48)40(24-32)54-27-41(50)55-26-30-15-12-10-13-16-30;1-13-11(7-8-14)12(15)16-9-10-5-3-2-4-6-10;1-9-7-8-5-3-2-4-6-8/h6-7,10,12-17,19-25,29,36-37H,2-3,5,8-9,11,18,26-28H2,1,4H3,(H,45,51)(H,46,52);2-6,8,11,13H,7,9H2,1H3;2-6H,7H2,1H3. The molecule has 5 aromatic carbocycles. The fourth-order valence-corrected chi connectivity index (χ4v) is 8.10. The molecular weight excluding hydrogens is 1050 g/mol. The number of aldehydes is 2. The smallest absolute Gasteiger partial charge is 0.363 e. The van der Waals surface area contributed by atoms with Gasteiger partial charge >= 0.3 is 17.9 Å². The van der Waals surface area contributed by atoms with E-state index < -0.39 is 54.3 Å². The van der Waals surface area contributed by atoms with Crippen LogP contribution in [0.2, 0.25) is 0 Å². The molecule has 0 aliphatic rings. The van der Waals surface area contributed by atoms with Gasteiger partial charge in [0.05, 0.1) is 36.4 Å². The third-order valence-electron chi connectivity index (χ3n) is 12.4. The number of unbranched alkanes of at least 4 members (excludes halogenated alkanes) is 2. The Morgan fingerprint density at radius 2 is 1.35 bits per heavy atom. The SMILES string of the molecule is C=Cc1cccc(C(=O)ON(C=O)C(CC)C(CCCCC)C(=O)NCNC(=O)c2ccc(-c3ccc(C=O)c(OCC(=O)OCc4ccccc4)c3)o2)c1C=C.CNC(CC=O)C(=O)OCc1ccccc1.COCc1ccccc1. The average molecular weight is 1120 g/mol. The Labute approximate surface area is 478 Å². The van der Waals surface area contributed by atoms with Gasteiger partial charge in [0.25, 0.3) is 5.91 Å². The number of nitrogens with one attached hydrogen (secondary N) is 3. The molecule has 0 spiro atoms. The molecule has 0 saturated carbocycles. The van der Waals surface area contributed by atoms with Crippen molar-refractivity contribution >= 4 is 60.9 Å². The van der Waals surface area contributed by atoms with Crippen molar-refractivity contribution in [2.24, 2.45) is 5.92 Å². The first kappa shape index (κ1) is 65.3. The lowest BCUT2D eigenvalue weighted by Crippen LogP contribution is -2.49. The second-order valence-corrected chi connectivity index (χ2v) is 18.1. The Balaban J connectivity index is 0.000000470. The molecule has 3 amide bonds. The highest BCUT2D eigenvalue weighted by Crippen LogP contribution is 2.29. The Hall–Kier alpha value is -9.26. The zero-order chi connectivity index (χ0) is 59.5. The summed E-state index contributed by atoms with van der Waals surface area (Å²) in [5.74, 6) is -3.33. The summed E-state index contributed by atoms with van der Waals surface area (Å²) in [6.07, 6.45) is 7.97. The number of ether oxygens (including phenoxy) is 4. The monoisotopic (exact) mass is 1120 g/mol. The molecule has 1 heterocycles. The number of esters is 2. The molecule has 3 N–H and O–H groups in total. The van der Waals surface area contributed by atoms with Crippen molar-refractivity contribution in [3.63, 3.8) is 0 Å². The van der Waals surface area contributed by atoms with Gasteiger partial charge in [-0.15, -0.1) is 0 Å². The highest BCUT2D eigenvalue weighted by Gasteiger charge is 2.34. The molecular formula is C64H72N4O14. The molecule has 0 saturated heterocycles. The molecule has 18 nitrogen and oxygen atoms in total. The van der Waals surface area contributed by atoms with E-state index in [1.807, 2.05) is 97.9 Å². The molecule has 3 atom stereocenters. The molecule has 0 fully saturated rings. The Bertz CT molecular complexity index is 2980. The maximum atomic E-state index is 13.6. The topological polar surface area (TPSA) is 235 Å². The quantitative estimate of drug-likeness (QED) is 0.0121. The van der Waals surface area contributed by atoms with Gasteiger partial charge in [-0.3, -0.25) is 24.0 Å². The third kappa shape index (κ3) is 21.4. The number of methoxy groups -OCH3 is 1.